The van der Waals surface area contributed by atoms with Gasteiger partial charge < -0.3 is 33.6 Å². The standard InChI is InChI=1S/C43H48N8O6/c1-29(52)51(42(53)57-43(2,3)4)34-13-11-33(12-14-34)50-20-19-37-38(46-41(47-39(37)50)48-21-23-56-24-22-48)32-25-44-40(45-26-32)49(27-30-7-15-35(54-5)16-8-30)28-31-9-17-36(55-6)18-10-31/h7-18,25-26H,19-24,27-28H2,1-6H3. The SMILES string of the molecule is COc1ccc(CN(Cc2ccc(OC)cc2)c2ncc(-c3nc(N4CCOCC4)nc4c3CCN4c3ccc(N(C(C)=O)C(=O)OC(C)(C)C)cc3)cn2)cc1. The Bertz CT molecular complexity index is 2120. The molecule has 2 amide bonds. The van der Waals surface area contributed by atoms with Crippen LogP contribution < -0.4 is 29.1 Å². The normalized spacial score (nSPS) is 13.9. The van der Waals surface area contributed by atoms with E-state index in [1.54, 1.807) is 47.1 Å². The van der Waals surface area contributed by atoms with Crippen molar-refractivity contribution in [2.45, 2.75) is 52.8 Å². The summed E-state index contributed by atoms with van der Waals surface area (Å²) in [5.74, 6) is 3.13. The summed E-state index contributed by atoms with van der Waals surface area (Å²) in [6.07, 6.45) is 3.65. The van der Waals surface area contributed by atoms with Crippen LogP contribution in [-0.2, 0) is 33.8 Å². The van der Waals surface area contributed by atoms with Crippen LogP contribution in [0, 0.1) is 0 Å². The summed E-state index contributed by atoms with van der Waals surface area (Å²) in [4.78, 5) is 53.1. The Hall–Kier alpha value is -6.28. The second kappa shape index (κ2) is 16.8. The summed E-state index contributed by atoms with van der Waals surface area (Å²) in [6.45, 7) is 11.0. The third-order valence-electron chi connectivity index (χ3n) is 9.68. The first-order valence-electron chi connectivity index (χ1n) is 19.0. The fourth-order valence-corrected chi connectivity index (χ4v) is 6.85. The number of imide groups is 1. The number of rotatable bonds is 11. The van der Waals surface area contributed by atoms with Crippen LogP contribution in [0.4, 0.5) is 33.9 Å². The number of nitrogens with zero attached hydrogens (tertiary/aromatic N) is 8. The van der Waals surface area contributed by atoms with E-state index in [9.17, 15) is 9.59 Å². The van der Waals surface area contributed by atoms with Gasteiger partial charge in [-0.05, 0) is 86.8 Å². The lowest BCUT2D eigenvalue weighted by Crippen LogP contribution is -2.39. The molecule has 0 spiro atoms. The second-order valence-corrected chi connectivity index (χ2v) is 14.9. The van der Waals surface area contributed by atoms with Crippen molar-refractivity contribution in [3.63, 3.8) is 0 Å². The molecule has 57 heavy (non-hydrogen) atoms. The first-order chi connectivity index (χ1) is 27.5. The lowest BCUT2D eigenvalue weighted by atomic mass is 10.1. The van der Waals surface area contributed by atoms with Crippen molar-refractivity contribution in [1.82, 2.24) is 19.9 Å². The number of methoxy groups -OCH3 is 2. The van der Waals surface area contributed by atoms with E-state index in [1.165, 1.54) is 6.92 Å². The zero-order valence-corrected chi connectivity index (χ0v) is 33.3. The van der Waals surface area contributed by atoms with E-state index in [4.69, 9.17) is 38.9 Å². The van der Waals surface area contributed by atoms with Gasteiger partial charge in [-0.15, -0.1) is 0 Å². The molecule has 1 fully saturated rings. The number of amides is 2. The molecule has 14 nitrogen and oxygen atoms in total. The number of aromatic nitrogens is 4. The van der Waals surface area contributed by atoms with E-state index in [0.29, 0.717) is 69.9 Å². The molecular weight excluding hydrogens is 725 g/mol. The van der Waals surface area contributed by atoms with E-state index in [-0.39, 0.29) is 0 Å². The monoisotopic (exact) mass is 772 g/mol. The van der Waals surface area contributed by atoms with Crippen molar-refractivity contribution in [3.05, 3.63) is 102 Å². The fourth-order valence-electron chi connectivity index (χ4n) is 6.85. The van der Waals surface area contributed by atoms with E-state index >= 15 is 0 Å². The fraction of sp³-hybridized carbons (Fsp3) is 0.349. The van der Waals surface area contributed by atoms with Crippen molar-refractivity contribution < 1.29 is 28.5 Å². The van der Waals surface area contributed by atoms with Gasteiger partial charge in [-0.3, -0.25) is 4.79 Å². The zero-order valence-electron chi connectivity index (χ0n) is 33.3. The molecule has 3 aromatic carbocycles. The van der Waals surface area contributed by atoms with Crippen LogP contribution in [0.15, 0.2) is 85.2 Å². The van der Waals surface area contributed by atoms with Gasteiger partial charge in [0.2, 0.25) is 17.8 Å². The second-order valence-electron chi connectivity index (χ2n) is 14.9. The summed E-state index contributed by atoms with van der Waals surface area (Å²) < 4.78 is 21.9. The predicted molar refractivity (Wildman–Crippen MR) is 219 cm³/mol. The van der Waals surface area contributed by atoms with Crippen molar-refractivity contribution in [2.75, 3.05) is 66.7 Å². The molecule has 5 aromatic rings. The number of ether oxygens (including phenoxy) is 4. The number of benzene rings is 3. The maximum absolute atomic E-state index is 13.0. The molecule has 0 N–H and O–H groups in total. The maximum atomic E-state index is 13.0. The highest BCUT2D eigenvalue weighted by Gasteiger charge is 2.31. The molecular formula is C43H48N8O6. The molecule has 0 radical (unpaired) electrons. The number of carbonyl (C=O) groups excluding carboxylic acids is 2. The van der Waals surface area contributed by atoms with Gasteiger partial charge in [0.05, 0.1) is 38.8 Å². The average Bonchev–Trinajstić information content (AvgIpc) is 3.65. The molecule has 2 aliphatic rings. The summed E-state index contributed by atoms with van der Waals surface area (Å²) >= 11 is 0. The van der Waals surface area contributed by atoms with Gasteiger partial charge >= 0.3 is 6.09 Å². The van der Waals surface area contributed by atoms with E-state index < -0.39 is 17.6 Å². The van der Waals surface area contributed by atoms with Gasteiger partial charge in [0.1, 0.15) is 22.9 Å². The summed E-state index contributed by atoms with van der Waals surface area (Å²) in [6, 6.07) is 23.3. The molecule has 4 heterocycles. The topological polar surface area (TPSA) is 136 Å². The smallest absolute Gasteiger partial charge is 0.421 e. The molecule has 0 atom stereocenters. The van der Waals surface area contributed by atoms with E-state index in [1.807, 2.05) is 73.1 Å². The number of morpholine rings is 1. The Labute approximate surface area is 333 Å². The minimum atomic E-state index is -0.751. The molecule has 2 aromatic heterocycles. The summed E-state index contributed by atoms with van der Waals surface area (Å²) in [5.41, 5.74) is 5.26. The summed E-state index contributed by atoms with van der Waals surface area (Å²) in [7, 11) is 3.32. The molecule has 0 unspecified atom stereocenters. The minimum absolute atomic E-state index is 0.419. The van der Waals surface area contributed by atoms with Crippen LogP contribution in [-0.4, -0.2) is 84.6 Å². The Morgan fingerprint density at radius 1 is 0.789 bits per heavy atom. The van der Waals surface area contributed by atoms with Crippen LogP contribution >= 0.6 is 0 Å². The first kappa shape index (κ1) is 39.0. The van der Waals surface area contributed by atoms with Crippen molar-refractivity contribution in [2.24, 2.45) is 0 Å². The van der Waals surface area contributed by atoms with Crippen LogP contribution in [0.2, 0.25) is 0 Å². The highest BCUT2D eigenvalue weighted by Crippen LogP contribution is 2.40. The third-order valence-corrected chi connectivity index (χ3v) is 9.68. The van der Waals surface area contributed by atoms with Gasteiger partial charge in [-0.2, -0.15) is 4.98 Å². The Kier molecular flexibility index (Phi) is 11.5. The molecule has 2 aliphatic heterocycles. The quantitative estimate of drug-likeness (QED) is 0.137. The van der Waals surface area contributed by atoms with Crippen LogP contribution in [0.3, 0.4) is 0 Å². The number of fused-ring (bicyclic) bond motifs is 1. The minimum Gasteiger partial charge on any atom is -0.497 e. The average molecular weight is 773 g/mol. The van der Waals surface area contributed by atoms with Gasteiger partial charge in [0.15, 0.2) is 0 Å². The Balaban J connectivity index is 1.21. The van der Waals surface area contributed by atoms with E-state index in [0.717, 1.165) is 55.9 Å². The lowest BCUT2D eigenvalue weighted by molar-refractivity contribution is -0.116. The third kappa shape index (κ3) is 9.07. The molecule has 0 bridgehead atoms. The zero-order chi connectivity index (χ0) is 40.1. The highest BCUT2D eigenvalue weighted by atomic mass is 16.6. The van der Waals surface area contributed by atoms with Crippen molar-refractivity contribution in [3.8, 4) is 22.8 Å². The van der Waals surface area contributed by atoms with Crippen LogP contribution in [0.5, 0.6) is 11.5 Å². The molecule has 296 valence electrons. The molecule has 0 saturated carbocycles. The van der Waals surface area contributed by atoms with Gasteiger partial charge in [-0.1, -0.05) is 24.3 Å². The number of hydrogen-bond acceptors (Lipinski definition) is 13. The van der Waals surface area contributed by atoms with Gasteiger partial charge in [0.25, 0.3) is 0 Å². The van der Waals surface area contributed by atoms with Crippen LogP contribution in [0.25, 0.3) is 11.3 Å². The Morgan fingerprint density at radius 2 is 1.37 bits per heavy atom. The largest absolute Gasteiger partial charge is 0.497 e. The van der Waals surface area contributed by atoms with Crippen LogP contribution in [0.1, 0.15) is 44.4 Å². The molecule has 1 saturated heterocycles. The Morgan fingerprint density at radius 3 is 1.89 bits per heavy atom. The number of anilines is 5. The first-order valence-corrected chi connectivity index (χ1v) is 19.0. The van der Waals surface area contributed by atoms with E-state index in [2.05, 4.69) is 14.7 Å². The molecule has 0 aliphatic carbocycles. The molecule has 7 rings (SSSR count). The lowest BCUT2D eigenvalue weighted by Gasteiger charge is -2.28. The summed E-state index contributed by atoms with van der Waals surface area (Å²) in [5, 5.41) is 0. The molecule has 14 heteroatoms. The predicted octanol–water partition coefficient (Wildman–Crippen LogP) is 6.98. The van der Waals surface area contributed by atoms with Gasteiger partial charge in [0, 0.05) is 68.9 Å². The number of hydrogen-bond donors (Lipinski definition) is 0. The van der Waals surface area contributed by atoms with Crippen molar-refractivity contribution in [1.29, 1.82) is 0 Å². The maximum Gasteiger partial charge on any atom is 0.421 e. The van der Waals surface area contributed by atoms with Crippen molar-refractivity contribution >= 4 is 41.1 Å². The highest BCUT2D eigenvalue weighted by molar-refractivity contribution is 6.11. The number of carbonyl (C=O) groups is 2. The van der Waals surface area contributed by atoms with Gasteiger partial charge in [-0.25, -0.2) is 24.6 Å².